The van der Waals surface area contributed by atoms with Gasteiger partial charge in [-0.25, -0.2) is 0 Å². The molecule has 1 aliphatic rings. The summed E-state index contributed by atoms with van der Waals surface area (Å²) in [4.78, 5) is 2.59. The molecule has 11 rings (SSSR count). The van der Waals surface area contributed by atoms with Gasteiger partial charge in [0, 0.05) is 41.9 Å². The van der Waals surface area contributed by atoms with E-state index in [-0.39, 0.29) is 5.41 Å². The maximum Gasteiger partial charge on any atom is 0.0641 e. The summed E-state index contributed by atoms with van der Waals surface area (Å²) in [7, 11) is 0. The van der Waals surface area contributed by atoms with Crippen molar-refractivity contribution in [1.29, 1.82) is 0 Å². The molecule has 0 atom stereocenters. The predicted molar refractivity (Wildman–Crippen MR) is 219 cm³/mol. The Morgan fingerprint density at radius 2 is 0.840 bits per heavy atom. The molecule has 0 spiro atoms. The van der Waals surface area contributed by atoms with Crippen molar-refractivity contribution in [3.05, 3.63) is 163 Å². The van der Waals surface area contributed by atoms with Crippen molar-refractivity contribution in [3.63, 3.8) is 0 Å². The smallest absolute Gasteiger partial charge is 0.0641 e. The molecule has 3 heteroatoms. The molecule has 0 aliphatic heterocycles. The van der Waals surface area contributed by atoms with E-state index in [1.54, 1.807) is 0 Å². The van der Waals surface area contributed by atoms with Gasteiger partial charge in [0.05, 0.1) is 26.5 Å². The molecule has 0 amide bonds. The number of hydrogen-bond acceptors (Lipinski definition) is 3. The van der Waals surface area contributed by atoms with Crippen LogP contribution in [0, 0.1) is 0 Å². The molecule has 0 saturated heterocycles. The summed E-state index contributed by atoms with van der Waals surface area (Å²) in [5, 5.41) is 10.5. The molecule has 8 aromatic carbocycles. The molecule has 0 bridgehead atoms. The highest BCUT2D eigenvalue weighted by Crippen LogP contribution is 2.57. The van der Waals surface area contributed by atoms with E-state index < -0.39 is 0 Å². The average molecular weight is 674 g/mol. The Hall–Kier alpha value is -5.48. The quantitative estimate of drug-likeness (QED) is 0.180. The zero-order valence-electron chi connectivity index (χ0n) is 27.7. The van der Waals surface area contributed by atoms with E-state index in [1.165, 1.54) is 101 Å². The molecule has 0 unspecified atom stereocenters. The van der Waals surface area contributed by atoms with Crippen molar-refractivity contribution in [1.82, 2.24) is 0 Å². The van der Waals surface area contributed by atoms with Gasteiger partial charge in [0.25, 0.3) is 0 Å². The maximum absolute atomic E-state index is 2.59. The second-order valence-corrected chi connectivity index (χ2v) is 16.1. The van der Waals surface area contributed by atoms with Gasteiger partial charge in [-0.05, 0) is 56.4 Å². The third-order valence-corrected chi connectivity index (χ3v) is 13.6. The Morgan fingerprint density at radius 3 is 1.46 bits per heavy atom. The average Bonchev–Trinajstić information content (AvgIpc) is 3.81. The third-order valence-electron chi connectivity index (χ3n) is 11.0. The molecule has 236 valence electrons. The first-order chi connectivity index (χ1) is 24.6. The summed E-state index contributed by atoms with van der Waals surface area (Å²) in [6.07, 6.45) is 0. The highest BCUT2D eigenvalue weighted by atomic mass is 32.1. The summed E-state index contributed by atoms with van der Waals surface area (Å²) in [5.74, 6) is 0. The lowest BCUT2D eigenvalue weighted by Gasteiger charge is -2.29. The Balaban J connectivity index is 1.28. The zero-order chi connectivity index (χ0) is 33.1. The molecule has 0 radical (unpaired) electrons. The standard InChI is InChI=1S/C47H31NS2/c1-47(2)37-19-8-7-16-36(37)42-38(47)20-11-21-39(42)48(40-22-9-17-32-34-26-24-28-12-3-5-14-30(28)43(34)49-45(32)40)41-23-10-18-33-35-27-25-29-13-4-6-15-31(29)44(35)50-46(33)41/h3-27H,1-2H3. The molecule has 0 fully saturated rings. The molecule has 2 aromatic heterocycles. The Morgan fingerprint density at radius 1 is 0.380 bits per heavy atom. The minimum Gasteiger partial charge on any atom is -0.307 e. The first-order valence-corrected chi connectivity index (χ1v) is 18.9. The van der Waals surface area contributed by atoms with E-state index >= 15 is 0 Å². The van der Waals surface area contributed by atoms with Gasteiger partial charge in [0.15, 0.2) is 0 Å². The summed E-state index contributed by atoms with van der Waals surface area (Å²) in [6.45, 7) is 4.75. The molecule has 10 aromatic rings. The van der Waals surface area contributed by atoms with Gasteiger partial charge < -0.3 is 4.90 Å². The Bertz CT molecular complexity index is 2880. The van der Waals surface area contributed by atoms with E-state index in [0.29, 0.717) is 0 Å². The van der Waals surface area contributed by atoms with Crippen molar-refractivity contribution < 1.29 is 0 Å². The van der Waals surface area contributed by atoms with Crippen LogP contribution < -0.4 is 4.90 Å². The Kier molecular flexibility index (Phi) is 5.83. The van der Waals surface area contributed by atoms with Gasteiger partial charge in [0.1, 0.15) is 0 Å². The van der Waals surface area contributed by atoms with Crippen LogP contribution in [0.25, 0.3) is 73.0 Å². The fourth-order valence-corrected chi connectivity index (χ4v) is 11.4. The van der Waals surface area contributed by atoms with Crippen LogP contribution in [0.2, 0.25) is 0 Å². The highest BCUT2D eigenvalue weighted by molar-refractivity contribution is 7.28. The van der Waals surface area contributed by atoms with Gasteiger partial charge in [-0.15, -0.1) is 22.7 Å². The van der Waals surface area contributed by atoms with Crippen LogP contribution in [-0.2, 0) is 5.41 Å². The second-order valence-electron chi connectivity index (χ2n) is 14.0. The van der Waals surface area contributed by atoms with Crippen LogP contribution in [0.1, 0.15) is 25.0 Å². The highest BCUT2D eigenvalue weighted by Gasteiger charge is 2.38. The van der Waals surface area contributed by atoms with Crippen LogP contribution in [0.5, 0.6) is 0 Å². The lowest BCUT2D eigenvalue weighted by molar-refractivity contribution is 0.660. The monoisotopic (exact) mass is 673 g/mol. The normalized spacial score (nSPS) is 13.6. The molecule has 1 aliphatic carbocycles. The van der Waals surface area contributed by atoms with Crippen molar-refractivity contribution in [3.8, 4) is 11.1 Å². The van der Waals surface area contributed by atoms with Crippen LogP contribution >= 0.6 is 22.7 Å². The number of anilines is 3. The van der Waals surface area contributed by atoms with Gasteiger partial charge in [-0.1, -0.05) is 147 Å². The molecule has 50 heavy (non-hydrogen) atoms. The van der Waals surface area contributed by atoms with Crippen LogP contribution in [-0.4, -0.2) is 0 Å². The fraction of sp³-hybridized carbons (Fsp3) is 0.0638. The number of nitrogens with zero attached hydrogens (tertiary/aromatic N) is 1. The van der Waals surface area contributed by atoms with E-state index in [0.717, 1.165) is 0 Å². The van der Waals surface area contributed by atoms with Crippen LogP contribution in [0.3, 0.4) is 0 Å². The van der Waals surface area contributed by atoms with Gasteiger partial charge in [-0.2, -0.15) is 0 Å². The maximum atomic E-state index is 2.59. The van der Waals surface area contributed by atoms with Crippen molar-refractivity contribution in [2.45, 2.75) is 19.3 Å². The molecule has 1 nitrogen and oxygen atoms in total. The minimum absolute atomic E-state index is 0.0985. The Labute approximate surface area is 298 Å². The first kappa shape index (κ1) is 28.4. The van der Waals surface area contributed by atoms with E-state index in [4.69, 9.17) is 0 Å². The van der Waals surface area contributed by atoms with Crippen LogP contribution in [0.4, 0.5) is 17.1 Å². The lowest BCUT2D eigenvalue weighted by Crippen LogP contribution is -2.16. The largest absolute Gasteiger partial charge is 0.307 e. The summed E-state index contributed by atoms with van der Waals surface area (Å²) in [5.41, 5.74) is 9.00. The number of hydrogen-bond donors (Lipinski definition) is 0. The topological polar surface area (TPSA) is 3.24 Å². The van der Waals surface area contributed by atoms with Crippen molar-refractivity contribution in [2.75, 3.05) is 4.90 Å². The summed E-state index contributed by atoms with van der Waals surface area (Å²) in [6, 6.07) is 56.6. The predicted octanol–water partition coefficient (Wildman–Crippen LogP) is 14.5. The van der Waals surface area contributed by atoms with E-state index in [9.17, 15) is 0 Å². The lowest BCUT2D eigenvalue weighted by atomic mass is 9.82. The number of benzene rings is 8. The van der Waals surface area contributed by atoms with Gasteiger partial charge >= 0.3 is 0 Å². The number of rotatable bonds is 3. The fourth-order valence-electron chi connectivity index (χ4n) is 8.69. The SMILES string of the molecule is CC1(C)c2ccccc2-c2c(N(c3cccc4c3sc3c5ccccc5ccc43)c3cccc4c3sc3c5ccccc5ccc43)cccc21. The van der Waals surface area contributed by atoms with Crippen molar-refractivity contribution in [2.24, 2.45) is 0 Å². The zero-order valence-corrected chi connectivity index (χ0v) is 29.3. The minimum atomic E-state index is -0.0985. The van der Waals surface area contributed by atoms with Crippen LogP contribution in [0.15, 0.2) is 152 Å². The molecule has 0 N–H and O–H groups in total. The molecular formula is C47H31NS2. The number of fused-ring (bicyclic) bond motifs is 13. The van der Waals surface area contributed by atoms with E-state index in [2.05, 4.69) is 170 Å². The summed E-state index contributed by atoms with van der Waals surface area (Å²) >= 11 is 3.86. The molecule has 0 saturated carbocycles. The van der Waals surface area contributed by atoms with Gasteiger partial charge in [-0.3, -0.25) is 0 Å². The first-order valence-electron chi connectivity index (χ1n) is 17.3. The second kappa shape index (κ2) is 10.3. The van der Waals surface area contributed by atoms with Crippen molar-refractivity contribution >= 4 is 102 Å². The van der Waals surface area contributed by atoms with Gasteiger partial charge in [0.2, 0.25) is 0 Å². The number of thiophene rings is 2. The molecule has 2 heterocycles. The van der Waals surface area contributed by atoms with E-state index in [1.807, 2.05) is 22.7 Å². The molecular weight excluding hydrogens is 643 g/mol. The summed E-state index contributed by atoms with van der Waals surface area (Å²) < 4.78 is 5.32. The third kappa shape index (κ3) is 3.77.